The zero-order chi connectivity index (χ0) is 13.3. The molecule has 0 N–H and O–H groups in total. The summed E-state index contributed by atoms with van der Waals surface area (Å²) in [5.41, 5.74) is 4.80. The van der Waals surface area contributed by atoms with Crippen molar-refractivity contribution in [2.75, 3.05) is 0 Å². The van der Waals surface area contributed by atoms with Crippen molar-refractivity contribution < 1.29 is 0 Å². The minimum atomic E-state index is 0.509. The number of fused-ring (bicyclic) bond motifs is 8. The Hall–Kier alpha value is 0.940. The molecule has 0 nitrogen and oxygen atoms in total. The van der Waals surface area contributed by atoms with Gasteiger partial charge in [0.15, 0.2) is 0 Å². The van der Waals surface area contributed by atoms with Crippen molar-refractivity contribution in [3.8, 4) is 0 Å². The van der Waals surface area contributed by atoms with E-state index in [0.29, 0.717) is 10.8 Å². The van der Waals surface area contributed by atoms with Crippen LogP contribution >= 0.6 is 37.2 Å². The first-order valence-corrected chi connectivity index (χ1v) is 13.3. The monoisotopic (exact) mass is 468 g/mol. The van der Waals surface area contributed by atoms with Crippen LogP contribution in [0.5, 0.6) is 0 Å². The van der Waals surface area contributed by atoms with Crippen LogP contribution in [0.2, 0.25) is 0 Å². The number of hydrogen-bond acceptors (Lipinski definition) is 0. The predicted molar refractivity (Wildman–Crippen MR) is 95.0 cm³/mol. The van der Waals surface area contributed by atoms with Gasteiger partial charge in [-0.2, -0.15) is 0 Å². The Balaban J connectivity index is 0.000000478. The molecule has 0 aliphatic heterocycles. The average Bonchev–Trinajstić information content (AvgIpc) is 3.04. The second-order valence-electron chi connectivity index (χ2n) is 7.53. The van der Waals surface area contributed by atoms with Crippen LogP contribution < -0.4 is 0 Å². The summed E-state index contributed by atoms with van der Waals surface area (Å²) in [6.07, 6.45) is 7.86. The number of allylic oxidation sites excluding steroid dienone is 4. The van der Waals surface area contributed by atoms with Crippen molar-refractivity contribution in [3.05, 3.63) is 23.3 Å². The largest absolute Gasteiger partial charge is 0.0807 e. The highest BCUT2D eigenvalue weighted by Crippen LogP contribution is 2.73. The standard InChI is InChI=1S/C16H22.I2/c1-15(2)11-8-12(16(15,3)4)14-10-6-5-9(7-10)13(11)14;1-2/h5-6,9-12H,7-8H2,1-4H3;. The van der Waals surface area contributed by atoms with Crippen LogP contribution in [0.3, 0.4) is 0 Å². The zero-order valence-corrected chi connectivity index (χ0v) is 15.9. The molecule has 100 valence electrons. The first kappa shape index (κ1) is 13.9. The van der Waals surface area contributed by atoms with Crippen molar-refractivity contribution in [2.45, 2.75) is 40.5 Å². The number of halogens is 2. The summed E-state index contributed by atoms with van der Waals surface area (Å²) in [4.78, 5) is 0. The van der Waals surface area contributed by atoms with E-state index in [1.54, 1.807) is 0 Å². The molecule has 4 atom stereocenters. The van der Waals surface area contributed by atoms with Crippen molar-refractivity contribution in [3.63, 3.8) is 0 Å². The molecule has 0 aromatic rings. The lowest BCUT2D eigenvalue weighted by Gasteiger charge is -2.47. The lowest BCUT2D eigenvalue weighted by Crippen LogP contribution is -2.40. The van der Waals surface area contributed by atoms with Crippen LogP contribution in [-0.2, 0) is 0 Å². The molecule has 18 heavy (non-hydrogen) atoms. The Morgan fingerprint density at radius 2 is 1.22 bits per heavy atom. The number of hydrogen-bond donors (Lipinski definition) is 0. The topological polar surface area (TPSA) is 0 Å². The highest BCUT2D eigenvalue weighted by molar-refractivity contribution is 15.0. The van der Waals surface area contributed by atoms with E-state index >= 15 is 0 Å². The molecule has 0 saturated heterocycles. The molecule has 0 spiro atoms. The van der Waals surface area contributed by atoms with E-state index in [1.165, 1.54) is 12.8 Å². The van der Waals surface area contributed by atoms with Crippen LogP contribution in [0.15, 0.2) is 23.3 Å². The molecule has 0 aromatic carbocycles. The quantitative estimate of drug-likeness (QED) is 0.234. The lowest BCUT2D eigenvalue weighted by molar-refractivity contribution is 0.0827. The van der Waals surface area contributed by atoms with Crippen molar-refractivity contribution >= 4 is 37.2 Å². The van der Waals surface area contributed by atoms with Gasteiger partial charge in [-0.3, -0.25) is 0 Å². The van der Waals surface area contributed by atoms with Crippen molar-refractivity contribution in [1.29, 1.82) is 0 Å². The van der Waals surface area contributed by atoms with Crippen LogP contribution in [0.4, 0.5) is 0 Å². The Morgan fingerprint density at radius 3 is 1.61 bits per heavy atom. The summed E-state index contributed by atoms with van der Waals surface area (Å²) >= 11 is 4.24. The van der Waals surface area contributed by atoms with Crippen molar-refractivity contribution in [2.24, 2.45) is 34.5 Å². The fourth-order valence-corrected chi connectivity index (χ4v) is 5.26. The van der Waals surface area contributed by atoms with E-state index in [1.807, 2.05) is 11.1 Å². The predicted octanol–water partition coefficient (Wildman–Crippen LogP) is 5.96. The highest BCUT2D eigenvalue weighted by atomic mass is 128. The highest BCUT2D eigenvalue weighted by Gasteiger charge is 2.64. The van der Waals surface area contributed by atoms with Gasteiger partial charge in [0.05, 0.1) is 0 Å². The van der Waals surface area contributed by atoms with E-state index in [2.05, 4.69) is 77.1 Å². The lowest BCUT2D eigenvalue weighted by atomic mass is 9.57. The second-order valence-corrected chi connectivity index (χ2v) is 7.53. The Labute approximate surface area is 134 Å². The van der Waals surface area contributed by atoms with Gasteiger partial charge in [-0.25, -0.2) is 0 Å². The Morgan fingerprint density at radius 1 is 0.833 bits per heavy atom. The second kappa shape index (κ2) is 4.22. The minimum Gasteiger partial charge on any atom is -0.0807 e. The zero-order valence-electron chi connectivity index (χ0n) is 11.6. The molecule has 4 aliphatic rings. The molecule has 4 rings (SSSR count). The van der Waals surface area contributed by atoms with E-state index in [9.17, 15) is 0 Å². The summed E-state index contributed by atoms with van der Waals surface area (Å²) in [5, 5.41) is 0. The molecule has 1 fully saturated rings. The van der Waals surface area contributed by atoms with E-state index in [4.69, 9.17) is 0 Å². The fourth-order valence-electron chi connectivity index (χ4n) is 5.26. The Kier molecular flexibility index (Phi) is 3.26. The van der Waals surface area contributed by atoms with Gasteiger partial charge >= 0.3 is 0 Å². The molecule has 0 amide bonds. The summed E-state index contributed by atoms with van der Waals surface area (Å²) in [6.45, 7) is 10.0. The average molecular weight is 468 g/mol. The SMILES string of the molecule is CC1(C)C2CC(C3=C2C2C=CC3C2)C1(C)C.II. The normalized spacial score (nSPS) is 44.1. The van der Waals surface area contributed by atoms with Gasteiger partial charge in [0.1, 0.15) is 0 Å². The summed E-state index contributed by atoms with van der Waals surface area (Å²) in [7, 11) is 0. The van der Waals surface area contributed by atoms with Gasteiger partial charge in [0.2, 0.25) is 0 Å². The van der Waals surface area contributed by atoms with Crippen LogP contribution in [-0.4, -0.2) is 0 Å². The third-order valence-electron chi connectivity index (χ3n) is 6.84. The van der Waals surface area contributed by atoms with Gasteiger partial charge in [-0.15, -0.1) is 0 Å². The van der Waals surface area contributed by atoms with Crippen LogP contribution in [0.1, 0.15) is 40.5 Å². The van der Waals surface area contributed by atoms with Crippen LogP contribution in [0, 0.1) is 34.5 Å². The van der Waals surface area contributed by atoms with Gasteiger partial charge in [-0.05, 0) is 47.3 Å². The maximum atomic E-state index is 2.51. The molecular weight excluding hydrogens is 446 g/mol. The summed E-state index contributed by atoms with van der Waals surface area (Å²) < 4.78 is 0. The molecule has 4 unspecified atom stereocenters. The molecule has 0 radical (unpaired) electrons. The first-order valence-electron chi connectivity index (χ1n) is 7.01. The van der Waals surface area contributed by atoms with Crippen LogP contribution in [0.25, 0.3) is 0 Å². The summed E-state index contributed by atoms with van der Waals surface area (Å²) in [5.74, 6) is 3.46. The number of rotatable bonds is 0. The van der Waals surface area contributed by atoms with E-state index in [0.717, 1.165) is 23.7 Å². The maximum Gasteiger partial charge on any atom is 0 e. The summed E-state index contributed by atoms with van der Waals surface area (Å²) in [6, 6.07) is 0. The molecule has 2 heteroatoms. The van der Waals surface area contributed by atoms with E-state index in [-0.39, 0.29) is 0 Å². The molecule has 4 bridgehead atoms. The van der Waals surface area contributed by atoms with Crippen molar-refractivity contribution in [1.82, 2.24) is 0 Å². The van der Waals surface area contributed by atoms with Gasteiger partial charge < -0.3 is 0 Å². The van der Waals surface area contributed by atoms with Gasteiger partial charge in [-0.1, -0.05) is 51.0 Å². The van der Waals surface area contributed by atoms with Gasteiger partial charge in [0, 0.05) is 37.2 Å². The molecule has 1 saturated carbocycles. The third kappa shape index (κ3) is 1.43. The molecule has 0 aromatic heterocycles. The fraction of sp³-hybridized carbons (Fsp3) is 0.750. The van der Waals surface area contributed by atoms with E-state index < -0.39 is 0 Å². The smallest absolute Gasteiger partial charge is 0 e. The van der Waals surface area contributed by atoms with Gasteiger partial charge in [0.25, 0.3) is 0 Å². The minimum absolute atomic E-state index is 0.509. The Bertz CT molecular complexity index is 404. The molecule has 0 heterocycles. The maximum absolute atomic E-state index is 2.51. The first-order chi connectivity index (χ1) is 8.44. The third-order valence-corrected chi connectivity index (χ3v) is 6.84. The molecule has 4 aliphatic carbocycles. The molecular formula is C16H22I2.